The summed E-state index contributed by atoms with van der Waals surface area (Å²) >= 11 is 0. The minimum Gasteiger partial charge on any atom is -0.394 e. The molecule has 0 aliphatic rings. The zero-order valence-corrected chi connectivity index (χ0v) is 19.2. The van der Waals surface area contributed by atoms with Gasteiger partial charge < -0.3 is 20.6 Å². The normalized spacial score (nSPS) is 14.5. The SMILES string of the molecule is CCCCCCCCCCCCCCCCCC(=O)N[C@@H](CO)[C@H](O)[C@H](O)CC. The summed E-state index contributed by atoms with van der Waals surface area (Å²) in [6.07, 6.45) is 18.1. The minimum atomic E-state index is -1.13. The summed E-state index contributed by atoms with van der Waals surface area (Å²) in [5, 5.41) is 31.5. The van der Waals surface area contributed by atoms with E-state index in [4.69, 9.17) is 0 Å². The maximum Gasteiger partial charge on any atom is 0.220 e. The first-order chi connectivity index (χ1) is 14.1. The number of aliphatic hydroxyl groups excluding tert-OH is 3. The van der Waals surface area contributed by atoms with Crippen LogP contribution in [-0.2, 0) is 4.79 Å². The molecule has 5 heteroatoms. The molecule has 0 aliphatic carbocycles. The monoisotopic (exact) mass is 415 g/mol. The first kappa shape index (κ1) is 28.4. The van der Waals surface area contributed by atoms with Gasteiger partial charge in [0.15, 0.2) is 0 Å². The predicted molar refractivity (Wildman–Crippen MR) is 121 cm³/mol. The third kappa shape index (κ3) is 16.8. The van der Waals surface area contributed by atoms with Crippen LogP contribution < -0.4 is 5.32 Å². The van der Waals surface area contributed by atoms with Gasteiger partial charge in [0, 0.05) is 6.42 Å². The molecular weight excluding hydrogens is 366 g/mol. The van der Waals surface area contributed by atoms with Gasteiger partial charge in [-0.05, 0) is 12.8 Å². The van der Waals surface area contributed by atoms with Gasteiger partial charge in [-0.1, -0.05) is 104 Å². The molecule has 0 rings (SSSR count). The lowest BCUT2D eigenvalue weighted by atomic mass is 10.0. The summed E-state index contributed by atoms with van der Waals surface area (Å²) in [6.45, 7) is 3.64. The summed E-state index contributed by atoms with van der Waals surface area (Å²) < 4.78 is 0. The highest BCUT2D eigenvalue weighted by atomic mass is 16.3. The van der Waals surface area contributed by atoms with E-state index in [1.54, 1.807) is 6.92 Å². The number of rotatable bonds is 21. The minimum absolute atomic E-state index is 0.166. The average molecular weight is 416 g/mol. The van der Waals surface area contributed by atoms with Crippen LogP contribution in [-0.4, -0.2) is 46.1 Å². The second-order valence-electron chi connectivity index (χ2n) is 8.52. The van der Waals surface area contributed by atoms with Crippen molar-refractivity contribution in [2.75, 3.05) is 6.61 Å². The van der Waals surface area contributed by atoms with E-state index in [2.05, 4.69) is 12.2 Å². The van der Waals surface area contributed by atoms with Crippen molar-refractivity contribution in [2.45, 2.75) is 141 Å². The van der Waals surface area contributed by atoms with Gasteiger partial charge in [0.25, 0.3) is 0 Å². The Morgan fingerprint density at radius 2 is 1.14 bits per heavy atom. The molecule has 0 aromatic carbocycles. The number of carbonyl (C=O) groups is 1. The molecule has 0 saturated heterocycles. The van der Waals surface area contributed by atoms with E-state index in [9.17, 15) is 20.1 Å². The first-order valence-electron chi connectivity index (χ1n) is 12.3. The number of hydrogen-bond acceptors (Lipinski definition) is 4. The van der Waals surface area contributed by atoms with Crippen molar-refractivity contribution < 1.29 is 20.1 Å². The molecule has 0 heterocycles. The molecule has 0 bridgehead atoms. The molecule has 0 fully saturated rings. The Kier molecular flexibility index (Phi) is 20.2. The zero-order valence-electron chi connectivity index (χ0n) is 19.2. The van der Waals surface area contributed by atoms with Crippen molar-refractivity contribution in [2.24, 2.45) is 0 Å². The van der Waals surface area contributed by atoms with Gasteiger partial charge in [-0.2, -0.15) is 0 Å². The topological polar surface area (TPSA) is 89.8 Å². The van der Waals surface area contributed by atoms with Crippen LogP contribution in [0.4, 0.5) is 0 Å². The van der Waals surface area contributed by atoms with Gasteiger partial charge >= 0.3 is 0 Å². The number of unbranched alkanes of at least 4 members (excludes halogenated alkanes) is 14. The summed E-state index contributed by atoms with van der Waals surface area (Å²) in [6, 6.07) is -0.797. The van der Waals surface area contributed by atoms with Gasteiger partial charge in [-0.15, -0.1) is 0 Å². The molecule has 0 aliphatic heterocycles. The number of carbonyl (C=O) groups excluding carboxylic acids is 1. The van der Waals surface area contributed by atoms with Gasteiger partial charge in [-0.3, -0.25) is 4.79 Å². The molecular formula is C24H49NO4. The van der Waals surface area contributed by atoms with Gasteiger partial charge in [0.05, 0.1) is 18.8 Å². The van der Waals surface area contributed by atoms with Crippen LogP contribution in [0.3, 0.4) is 0 Å². The van der Waals surface area contributed by atoms with E-state index in [1.807, 2.05) is 0 Å². The van der Waals surface area contributed by atoms with E-state index in [0.717, 1.165) is 19.3 Å². The lowest BCUT2D eigenvalue weighted by Gasteiger charge is -2.25. The van der Waals surface area contributed by atoms with Crippen molar-refractivity contribution in [3.05, 3.63) is 0 Å². The van der Waals surface area contributed by atoms with Crippen LogP contribution in [0.5, 0.6) is 0 Å². The standard InChI is InChI=1S/C24H49NO4/c1-3-5-6-7-8-9-10-11-12-13-14-15-16-17-18-19-23(28)25-21(20-26)24(29)22(27)4-2/h21-22,24,26-27,29H,3-20H2,1-2H3,(H,25,28)/t21-,22+,24-/m0/s1. The molecule has 174 valence electrons. The van der Waals surface area contributed by atoms with Crippen LogP contribution in [0, 0.1) is 0 Å². The molecule has 29 heavy (non-hydrogen) atoms. The molecule has 0 unspecified atom stereocenters. The lowest BCUT2D eigenvalue weighted by Crippen LogP contribution is -2.50. The smallest absolute Gasteiger partial charge is 0.220 e. The van der Waals surface area contributed by atoms with Crippen molar-refractivity contribution >= 4 is 5.91 Å². The van der Waals surface area contributed by atoms with Crippen molar-refractivity contribution in [1.29, 1.82) is 0 Å². The molecule has 5 nitrogen and oxygen atoms in total. The molecule has 0 aromatic rings. The Bertz CT molecular complexity index is 365. The van der Waals surface area contributed by atoms with Crippen molar-refractivity contribution in [3.63, 3.8) is 0 Å². The van der Waals surface area contributed by atoms with E-state index in [0.29, 0.717) is 12.8 Å². The first-order valence-corrected chi connectivity index (χ1v) is 12.3. The Hall–Kier alpha value is -0.650. The Balaban J connectivity index is 3.46. The predicted octanol–water partition coefficient (Wildman–Crippen LogP) is 4.86. The molecule has 3 atom stereocenters. The third-order valence-electron chi connectivity index (χ3n) is 5.78. The second-order valence-corrected chi connectivity index (χ2v) is 8.52. The lowest BCUT2D eigenvalue weighted by molar-refractivity contribution is -0.124. The quantitative estimate of drug-likeness (QED) is 0.202. The highest BCUT2D eigenvalue weighted by molar-refractivity contribution is 5.76. The van der Waals surface area contributed by atoms with E-state index in [-0.39, 0.29) is 12.5 Å². The van der Waals surface area contributed by atoms with Crippen LogP contribution >= 0.6 is 0 Å². The fourth-order valence-electron chi connectivity index (χ4n) is 3.68. The second kappa shape index (κ2) is 20.6. The van der Waals surface area contributed by atoms with E-state index < -0.39 is 18.2 Å². The largest absolute Gasteiger partial charge is 0.394 e. The summed E-state index contributed by atoms with van der Waals surface area (Å²) in [4.78, 5) is 11.9. The van der Waals surface area contributed by atoms with Gasteiger partial charge in [-0.25, -0.2) is 0 Å². The number of nitrogens with one attached hydrogen (secondary N) is 1. The Morgan fingerprint density at radius 3 is 1.52 bits per heavy atom. The Morgan fingerprint density at radius 1 is 0.724 bits per heavy atom. The van der Waals surface area contributed by atoms with Crippen LogP contribution in [0.25, 0.3) is 0 Å². The summed E-state index contributed by atoms with van der Waals surface area (Å²) in [5.74, 6) is -0.166. The molecule has 0 aromatic heterocycles. The van der Waals surface area contributed by atoms with Crippen LogP contribution in [0.1, 0.15) is 123 Å². The van der Waals surface area contributed by atoms with Crippen LogP contribution in [0.15, 0.2) is 0 Å². The fourth-order valence-corrected chi connectivity index (χ4v) is 3.68. The van der Waals surface area contributed by atoms with Crippen molar-refractivity contribution in [3.8, 4) is 0 Å². The number of hydrogen-bond donors (Lipinski definition) is 4. The zero-order chi connectivity index (χ0) is 21.7. The maximum atomic E-state index is 11.9. The highest BCUT2D eigenvalue weighted by Gasteiger charge is 2.25. The number of amides is 1. The average Bonchev–Trinajstić information content (AvgIpc) is 2.73. The molecule has 1 amide bonds. The van der Waals surface area contributed by atoms with Crippen LogP contribution in [0.2, 0.25) is 0 Å². The van der Waals surface area contributed by atoms with E-state index in [1.165, 1.54) is 77.0 Å². The summed E-state index contributed by atoms with van der Waals surface area (Å²) in [5.41, 5.74) is 0. The molecule has 0 saturated carbocycles. The number of aliphatic hydroxyl groups is 3. The van der Waals surface area contributed by atoms with Crippen molar-refractivity contribution in [1.82, 2.24) is 5.32 Å². The maximum absolute atomic E-state index is 11.9. The van der Waals surface area contributed by atoms with E-state index >= 15 is 0 Å². The highest BCUT2D eigenvalue weighted by Crippen LogP contribution is 2.14. The summed E-state index contributed by atoms with van der Waals surface area (Å²) in [7, 11) is 0. The Labute approximate surface area is 179 Å². The third-order valence-corrected chi connectivity index (χ3v) is 5.78. The molecule has 0 radical (unpaired) electrons. The molecule has 0 spiro atoms. The van der Waals surface area contributed by atoms with Gasteiger partial charge in [0.1, 0.15) is 6.10 Å². The molecule has 4 N–H and O–H groups in total. The van der Waals surface area contributed by atoms with Gasteiger partial charge in [0.2, 0.25) is 5.91 Å². The fraction of sp³-hybridized carbons (Fsp3) is 0.958.